The van der Waals surface area contributed by atoms with E-state index in [1.807, 2.05) is 20.8 Å². The Morgan fingerprint density at radius 1 is 1.62 bits per heavy atom. The van der Waals surface area contributed by atoms with Crippen LogP contribution in [0.5, 0.6) is 0 Å². The molecule has 2 heterocycles. The lowest BCUT2D eigenvalue weighted by Crippen LogP contribution is -2.54. The van der Waals surface area contributed by atoms with Gasteiger partial charge in [0.2, 0.25) is 5.13 Å². The highest BCUT2D eigenvalue weighted by atomic mass is 32.1. The van der Waals surface area contributed by atoms with Gasteiger partial charge in [0.25, 0.3) is 0 Å². The molecule has 1 fully saturated rings. The van der Waals surface area contributed by atoms with Gasteiger partial charge < -0.3 is 14.7 Å². The first-order chi connectivity index (χ1) is 7.50. The summed E-state index contributed by atoms with van der Waals surface area (Å²) in [5.41, 5.74) is -0.259. The number of morpholine rings is 1. The molecule has 0 radical (unpaired) electrons. The summed E-state index contributed by atoms with van der Waals surface area (Å²) in [4.78, 5) is 6.50. The van der Waals surface area contributed by atoms with Crippen LogP contribution in [-0.2, 0) is 4.74 Å². The van der Waals surface area contributed by atoms with Crippen molar-refractivity contribution in [3.05, 3.63) is 5.82 Å². The summed E-state index contributed by atoms with van der Waals surface area (Å²) in [6.45, 7) is 7.42. The number of rotatable bonds is 2. The monoisotopic (exact) mass is 243 g/mol. The molecule has 0 aromatic carbocycles. The number of hydrogen-bond donors (Lipinski definition) is 1. The Kier molecular flexibility index (Phi) is 3.14. The SMILES string of the molecule is Cc1nsc(N2CC(CO)OC(C)(C)C2)n1. The third-order valence-electron chi connectivity index (χ3n) is 2.47. The minimum absolute atomic E-state index is 0.0394. The Hall–Kier alpha value is -0.720. The number of aliphatic hydroxyl groups excluding tert-OH is 1. The first-order valence-electron chi connectivity index (χ1n) is 5.34. The number of aliphatic hydroxyl groups is 1. The van der Waals surface area contributed by atoms with Gasteiger partial charge in [-0.05, 0) is 20.8 Å². The number of nitrogens with zero attached hydrogens (tertiary/aromatic N) is 3. The number of hydrogen-bond acceptors (Lipinski definition) is 6. The van der Waals surface area contributed by atoms with Gasteiger partial charge in [-0.1, -0.05) is 0 Å². The summed E-state index contributed by atoms with van der Waals surface area (Å²) in [6, 6.07) is 0. The van der Waals surface area contributed by atoms with Crippen LogP contribution in [0.15, 0.2) is 0 Å². The Balaban J connectivity index is 2.15. The van der Waals surface area contributed by atoms with Gasteiger partial charge in [0.1, 0.15) is 5.82 Å². The topological polar surface area (TPSA) is 58.5 Å². The fourth-order valence-corrected chi connectivity index (χ4v) is 2.63. The molecule has 16 heavy (non-hydrogen) atoms. The van der Waals surface area contributed by atoms with E-state index in [2.05, 4.69) is 14.3 Å². The molecule has 1 aliphatic heterocycles. The van der Waals surface area contributed by atoms with Crippen LogP contribution < -0.4 is 4.90 Å². The van der Waals surface area contributed by atoms with Gasteiger partial charge >= 0.3 is 0 Å². The lowest BCUT2D eigenvalue weighted by atomic mass is 10.1. The largest absolute Gasteiger partial charge is 0.394 e. The van der Waals surface area contributed by atoms with Crippen LogP contribution in [0.25, 0.3) is 0 Å². The van der Waals surface area contributed by atoms with Crippen LogP contribution in [-0.4, -0.2) is 45.9 Å². The summed E-state index contributed by atoms with van der Waals surface area (Å²) in [5, 5.41) is 10.1. The normalized spacial score (nSPS) is 24.8. The average molecular weight is 243 g/mol. The molecule has 0 bridgehead atoms. The zero-order valence-electron chi connectivity index (χ0n) is 9.80. The molecule has 0 saturated carbocycles. The maximum atomic E-state index is 9.21. The fourth-order valence-electron chi connectivity index (χ4n) is 1.95. The van der Waals surface area contributed by atoms with Gasteiger partial charge in [-0.2, -0.15) is 4.37 Å². The van der Waals surface area contributed by atoms with Gasteiger partial charge in [-0.25, -0.2) is 4.98 Å². The molecule has 1 aromatic rings. The molecular formula is C10H17N3O2S. The number of ether oxygens (including phenoxy) is 1. The third-order valence-corrected chi connectivity index (χ3v) is 3.34. The standard InChI is InChI=1S/C10H17N3O2S/c1-7-11-9(16-12-7)13-4-8(5-14)15-10(2,3)6-13/h8,14H,4-6H2,1-3H3. The van der Waals surface area contributed by atoms with Gasteiger partial charge in [0.05, 0.1) is 18.3 Å². The van der Waals surface area contributed by atoms with Crippen molar-refractivity contribution in [2.45, 2.75) is 32.5 Å². The maximum absolute atomic E-state index is 9.21. The highest BCUT2D eigenvalue weighted by Gasteiger charge is 2.34. The molecule has 2 rings (SSSR count). The van der Waals surface area contributed by atoms with Crippen LogP contribution in [0.4, 0.5) is 5.13 Å². The van der Waals surface area contributed by atoms with Crippen molar-refractivity contribution in [2.75, 3.05) is 24.6 Å². The molecule has 1 atom stereocenters. The molecule has 6 heteroatoms. The van der Waals surface area contributed by atoms with Crippen LogP contribution in [0.3, 0.4) is 0 Å². The molecule has 1 N–H and O–H groups in total. The molecule has 1 aromatic heterocycles. The van der Waals surface area contributed by atoms with E-state index >= 15 is 0 Å². The van der Waals surface area contributed by atoms with Crippen LogP contribution in [0, 0.1) is 6.92 Å². The van der Waals surface area contributed by atoms with E-state index in [-0.39, 0.29) is 18.3 Å². The van der Waals surface area contributed by atoms with Crippen LogP contribution in [0.2, 0.25) is 0 Å². The van der Waals surface area contributed by atoms with Crippen molar-refractivity contribution >= 4 is 16.7 Å². The van der Waals surface area contributed by atoms with Gasteiger partial charge in [0, 0.05) is 24.6 Å². The van der Waals surface area contributed by atoms with E-state index in [4.69, 9.17) is 4.74 Å². The Labute approximate surface area is 99.2 Å². The zero-order chi connectivity index (χ0) is 11.8. The average Bonchev–Trinajstić information content (AvgIpc) is 2.62. The second-order valence-corrected chi connectivity index (χ2v) is 5.42. The molecule has 1 aliphatic rings. The lowest BCUT2D eigenvalue weighted by Gasteiger charge is -2.42. The van der Waals surface area contributed by atoms with Crippen molar-refractivity contribution in [1.82, 2.24) is 9.36 Å². The van der Waals surface area contributed by atoms with Crippen LogP contribution in [0.1, 0.15) is 19.7 Å². The van der Waals surface area contributed by atoms with E-state index in [1.165, 1.54) is 11.5 Å². The molecule has 0 amide bonds. The Morgan fingerprint density at radius 2 is 2.38 bits per heavy atom. The highest BCUT2D eigenvalue weighted by Crippen LogP contribution is 2.26. The van der Waals surface area contributed by atoms with E-state index in [0.29, 0.717) is 6.54 Å². The molecule has 0 spiro atoms. The molecule has 1 saturated heterocycles. The summed E-state index contributed by atoms with van der Waals surface area (Å²) >= 11 is 1.40. The van der Waals surface area contributed by atoms with Crippen molar-refractivity contribution in [3.8, 4) is 0 Å². The predicted octanol–water partition coefficient (Wildman–Crippen LogP) is 0.823. The first-order valence-corrected chi connectivity index (χ1v) is 6.11. The van der Waals surface area contributed by atoms with Gasteiger partial charge in [-0.3, -0.25) is 0 Å². The van der Waals surface area contributed by atoms with E-state index in [0.717, 1.165) is 17.5 Å². The minimum Gasteiger partial charge on any atom is -0.394 e. The second kappa shape index (κ2) is 4.27. The highest BCUT2D eigenvalue weighted by molar-refractivity contribution is 7.09. The quantitative estimate of drug-likeness (QED) is 0.833. The Bertz CT molecular complexity index is 367. The van der Waals surface area contributed by atoms with Gasteiger partial charge in [0.15, 0.2) is 0 Å². The lowest BCUT2D eigenvalue weighted by molar-refractivity contribution is -0.101. The number of aromatic nitrogens is 2. The molecule has 1 unspecified atom stereocenters. The van der Waals surface area contributed by atoms with E-state index in [1.54, 1.807) is 0 Å². The summed E-state index contributed by atoms with van der Waals surface area (Å²) in [6.07, 6.45) is -0.145. The first kappa shape index (κ1) is 11.8. The van der Waals surface area contributed by atoms with E-state index < -0.39 is 0 Å². The summed E-state index contributed by atoms with van der Waals surface area (Å²) < 4.78 is 9.92. The van der Waals surface area contributed by atoms with Crippen molar-refractivity contribution < 1.29 is 9.84 Å². The molecule has 0 aliphatic carbocycles. The van der Waals surface area contributed by atoms with Crippen molar-refractivity contribution in [3.63, 3.8) is 0 Å². The second-order valence-electron chi connectivity index (χ2n) is 4.69. The maximum Gasteiger partial charge on any atom is 0.205 e. The van der Waals surface area contributed by atoms with Crippen molar-refractivity contribution in [1.29, 1.82) is 0 Å². The molecule has 5 nitrogen and oxygen atoms in total. The number of aryl methyl sites for hydroxylation is 1. The predicted molar refractivity (Wildman–Crippen MR) is 62.9 cm³/mol. The Morgan fingerprint density at radius 3 is 2.94 bits per heavy atom. The number of anilines is 1. The summed E-state index contributed by atoms with van der Waals surface area (Å²) in [5.74, 6) is 0.796. The third kappa shape index (κ3) is 2.50. The van der Waals surface area contributed by atoms with E-state index in [9.17, 15) is 5.11 Å². The molecule has 90 valence electrons. The van der Waals surface area contributed by atoms with Crippen molar-refractivity contribution in [2.24, 2.45) is 0 Å². The summed E-state index contributed by atoms with van der Waals surface area (Å²) in [7, 11) is 0. The van der Waals surface area contributed by atoms with Crippen LogP contribution >= 0.6 is 11.5 Å². The minimum atomic E-state index is -0.259. The smallest absolute Gasteiger partial charge is 0.205 e. The zero-order valence-corrected chi connectivity index (χ0v) is 10.6. The fraction of sp³-hybridized carbons (Fsp3) is 0.800. The van der Waals surface area contributed by atoms with Gasteiger partial charge in [-0.15, -0.1) is 0 Å². The molecular weight excluding hydrogens is 226 g/mol.